The SMILES string of the molecule is CCn1nc(C)c(S(=O)(=O)N2CCN(C(=O)C=Cc3ccc(OC)cc3)CC2)c1C. The van der Waals surface area contributed by atoms with Gasteiger partial charge in [-0.1, -0.05) is 12.1 Å². The fraction of sp³-hybridized carbons (Fsp3) is 0.429. The number of nitrogens with zero attached hydrogens (tertiary/aromatic N) is 4. The number of methoxy groups -OCH3 is 1. The third-order valence-electron chi connectivity index (χ3n) is 5.30. The molecule has 1 aromatic heterocycles. The Balaban J connectivity index is 1.64. The highest BCUT2D eigenvalue weighted by atomic mass is 32.2. The molecule has 0 N–H and O–H groups in total. The van der Waals surface area contributed by atoms with Crippen LogP contribution in [0.5, 0.6) is 5.75 Å². The van der Waals surface area contributed by atoms with Gasteiger partial charge in [0.25, 0.3) is 0 Å². The summed E-state index contributed by atoms with van der Waals surface area (Å²) in [6, 6.07) is 7.40. The summed E-state index contributed by atoms with van der Waals surface area (Å²) in [5.41, 5.74) is 2.05. The van der Waals surface area contributed by atoms with Crippen molar-refractivity contribution >= 4 is 22.0 Å². The zero-order valence-electron chi connectivity index (χ0n) is 17.8. The number of benzene rings is 1. The van der Waals surface area contributed by atoms with E-state index in [1.54, 1.807) is 36.6 Å². The maximum Gasteiger partial charge on any atom is 0.246 e. The zero-order valence-corrected chi connectivity index (χ0v) is 18.6. The normalized spacial score (nSPS) is 15.7. The van der Waals surface area contributed by atoms with Gasteiger partial charge in [0, 0.05) is 38.8 Å². The summed E-state index contributed by atoms with van der Waals surface area (Å²) in [6.07, 6.45) is 3.27. The quantitative estimate of drug-likeness (QED) is 0.653. The van der Waals surface area contributed by atoms with Gasteiger partial charge >= 0.3 is 0 Å². The van der Waals surface area contributed by atoms with Gasteiger partial charge < -0.3 is 9.64 Å². The number of sulfonamides is 1. The Morgan fingerprint density at radius 3 is 2.30 bits per heavy atom. The van der Waals surface area contributed by atoms with Gasteiger partial charge in [-0.2, -0.15) is 9.40 Å². The van der Waals surface area contributed by atoms with Crippen LogP contribution in [0.25, 0.3) is 6.08 Å². The molecule has 30 heavy (non-hydrogen) atoms. The molecule has 1 aliphatic heterocycles. The maximum absolute atomic E-state index is 13.1. The van der Waals surface area contributed by atoms with Crippen LogP contribution in [0, 0.1) is 13.8 Å². The van der Waals surface area contributed by atoms with E-state index in [1.165, 1.54) is 10.4 Å². The second kappa shape index (κ2) is 9.01. The molecular formula is C21H28N4O4S. The van der Waals surface area contributed by atoms with E-state index in [1.807, 2.05) is 31.2 Å². The summed E-state index contributed by atoms with van der Waals surface area (Å²) in [5.74, 6) is 0.625. The fourth-order valence-corrected chi connectivity index (χ4v) is 5.42. The number of carbonyl (C=O) groups is 1. The number of piperazine rings is 1. The molecule has 0 bridgehead atoms. The van der Waals surface area contributed by atoms with E-state index in [-0.39, 0.29) is 23.9 Å². The predicted octanol–water partition coefficient (Wildman–Crippen LogP) is 2.07. The minimum Gasteiger partial charge on any atom is -0.497 e. The van der Waals surface area contributed by atoms with Crippen molar-refractivity contribution in [2.24, 2.45) is 0 Å². The highest BCUT2D eigenvalue weighted by Gasteiger charge is 2.33. The number of rotatable bonds is 6. The summed E-state index contributed by atoms with van der Waals surface area (Å²) in [5, 5.41) is 4.33. The molecule has 1 amide bonds. The molecule has 8 nitrogen and oxygen atoms in total. The Bertz CT molecular complexity index is 1030. The topological polar surface area (TPSA) is 84.7 Å². The Labute approximate surface area is 177 Å². The van der Waals surface area contributed by atoms with Crippen molar-refractivity contribution in [3.8, 4) is 5.75 Å². The molecule has 0 radical (unpaired) electrons. The highest BCUT2D eigenvalue weighted by Crippen LogP contribution is 2.24. The van der Waals surface area contributed by atoms with E-state index in [0.717, 1.165) is 11.3 Å². The van der Waals surface area contributed by atoms with Crippen molar-refractivity contribution in [3.63, 3.8) is 0 Å². The number of aryl methyl sites for hydroxylation is 2. The van der Waals surface area contributed by atoms with E-state index in [4.69, 9.17) is 4.74 Å². The molecule has 0 unspecified atom stereocenters. The first-order valence-electron chi connectivity index (χ1n) is 9.93. The molecule has 1 aliphatic rings. The second-order valence-corrected chi connectivity index (χ2v) is 9.03. The Kier molecular flexibility index (Phi) is 6.62. The lowest BCUT2D eigenvalue weighted by Gasteiger charge is -2.33. The smallest absolute Gasteiger partial charge is 0.246 e. The molecule has 162 valence electrons. The number of ether oxygens (including phenoxy) is 1. The third kappa shape index (κ3) is 4.41. The van der Waals surface area contributed by atoms with Gasteiger partial charge in [0.2, 0.25) is 15.9 Å². The van der Waals surface area contributed by atoms with Gasteiger partial charge in [-0.05, 0) is 44.5 Å². The van der Waals surface area contributed by atoms with Crippen molar-refractivity contribution in [1.29, 1.82) is 0 Å². The summed E-state index contributed by atoms with van der Waals surface area (Å²) in [7, 11) is -2.04. The van der Waals surface area contributed by atoms with Gasteiger partial charge in [-0.15, -0.1) is 0 Å². The number of carbonyl (C=O) groups excluding carboxylic acids is 1. The lowest BCUT2D eigenvalue weighted by Crippen LogP contribution is -2.50. The molecule has 1 fully saturated rings. The van der Waals surface area contributed by atoms with Crippen LogP contribution in [0.1, 0.15) is 23.9 Å². The first-order valence-corrected chi connectivity index (χ1v) is 11.4. The number of hydrogen-bond acceptors (Lipinski definition) is 5. The summed E-state index contributed by atoms with van der Waals surface area (Å²) >= 11 is 0. The van der Waals surface area contributed by atoms with Gasteiger partial charge in [-0.3, -0.25) is 9.48 Å². The van der Waals surface area contributed by atoms with Crippen LogP contribution < -0.4 is 4.74 Å². The molecule has 2 heterocycles. The molecule has 0 spiro atoms. The van der Waals surface area contributed by atoms with E-state index >= 15 is 0 Å². The first kappa shape index (κ1) is 22.0. The van der Waals surface area contributed by atoms with Crippen molar-refractivity contribution in [3.05, 3.63) is 47.3 Å². The number of hydrogen-bond donors (Lipinski definition) is 0. The summed E-state index contributed by atoms with van der Waals surface area (Å²) < 4.78 is 34.6. The molecule has 1 aromatic carbocycles. The lowest BCUT2D eigenvalue weighted by atomic mass is 10.2. The average Bonchev–Trinajstić information content (AvgIpc) is 3.06. The third-order valence-corrected chi connectivity index (χ3v) is 7.45. The molecular weight excluding hydrogens is 404 g/mol. The van der Waals surface area contributed by atoms with Crippen LogP contribution in [-0.2, 0) is 21.4 Å². The van der Waals surface area contributed by atoms with Crippen LogP contribution in [0.15, 0.2) is 35.2 Å². The molecule has 0 atom stereocenters. The standard InChI is InChI=1S/C21H28N4O4S/c1-5-25-17(3)21(16(2)22-25)30(27,28)24-14-12-23(13-15-24)20(26)11-8-18-6-9-19(29-4)10-7-18/h6-11H,5,12-15H2,1-4H3. The largest absolute Gasteiger partial charge is 0.497 e. The molecule has 0 aliphatic carbocycles. The fourth-order valence-electron chi connectivity index (χ4n) is 3.63. The van der Waals surface area contributed by atoms with Gasteiger partial charge in [0.05, 0.1) is 18.5 Å². The van der Waals surface area contributed by atoms with Crippen molar-refractivity contribution in [1.82, 2.24) is 19.0 Å². The molecule has 9 heteroatoms. The average molecular weight is 433 g/mol. The Morgan fingerprint density at radius 1 is 1.13 bits per heavy atom. The van der Waals surface area contributed by atoms with E-state index in [9.17, 15) is 13.2 Å². The zero-order chi connectivity index (χ0) is 21.9. The maximum atomic E-state index is 13.1. The van der Waals surface area contributed by atoms with Gasteiger partial charge in [-0.25, -0.2) is 8.42 Å². The minimum absolute atomic E-state index is 0.131. The molecule has 2 aromatic rings. The van der Waals surface area contributed by atoms with Crippen LogP contribution >= 0.6 is 0 Å². The molecule has 0 saturated carbocycles. The van der Waals surface area contributed by atoms with Crippen LogP contribution in [0.3, 0.4) is 0 Å². The molecule has 1 saturated heterocycles. The number of amides is 1. The van der Waals surface area contributed by atoms with Crippen LogP contribution in [0.2, 0.25) is 0 Å². The second-order valence-electron chi connectivity index (χ2n) is 7.15. The van der Waals surface area contributed by atoms with E-state index in [2.05, 4.69) is 5.10 Å². The van der Waals surface area contributed by atoms with E-state index < -0.39 is 10.0 Å². The van der Waals surface area contributed by atoms with Gasteiger partial charge in [0.15, 0.2) is 0 Å². The van der Waals surface area contributed by atoms with Gasteiger partial charge in [0.1, 0.15) is 10.6 Å². The van der Waals surface area contributed by atoms with E-state index in [0.29, 0.717) is 31.0 Å². The monoisotopic (exact) mass is 432 g/mol. The van der Waals surface area contributed by atoms with Crippen LogP contribution in [-0.4, -0.2) is 66.6 Å². The predicted molar refractivity (Wildman–Crippen MR) is 115 cm³/mol. The summed E-state index contributed by atoms with van der Waals surface area (Å²) in [4.78, 5) is 14.5. The van der Waals surface area contributed by atoms with Crippen molar-refractivity contribution < 1.29 is 17.9 Å². The lowest BCUT2D eigenvalue weighted by molar-refractivity contribution is -0.127. The van der Waals surface area contributed by atoms with Crippen LogP contribution in [0.4, 0.5) is 0 Å². The highest BCUT2D eigenvalue weighted by molar-refractivity contribution is 7.89. The summed E-state index contributed by atoms with van der Waals surface area (Å²) in [6.45, 7) is 7.28. The van der Waals surface area contributed by atoms with Crippen molar-refractivity contribution in [2.75, 3.05) is 33.3 Å². The van der Waals surface area contributed by atoms with Crippen molar-refractivity contribution in [2.45, 2.75) is 32.2 Å². The number of aromatic nitrogens is 2. The first-order chi connectivity index (χ1) is 14.3. The minimum atomic E-state index is -3.64. The Morgan fingerprint density at radius 2 is 1.77 bits per heavy atom. The molecule has 3 rings (SSSR count). The Hall–Kier alpha value is -2.65.